The highest BCUT2D eigenvalue weighted by Gasteiger charge is 2.17. The maximum absolute atomic E-state index is 11.4. The number of rotatable bonds is 2. The molecule has 0 fully saturated rings. The summed E-state index contributed by atoms with van der Waals surface area (Å²) in [6.07, 6.45) is 0. The Morgan fingerprint density at radius 2 is 1.86 bits per heavy atom. The molecule has 14 heavy (non-hydrogen) atoms. The molecule has 74 valence electrons. The van der Waals surface area contributed by atoms with E-state index in [2.05, 4.69) is 0 Å². The summed E-state index contributed by atoms with van der Waals surface area (Å²) >= 11 is 0. The molecule has 1 aromatic rings. The van der Waals surface area contributed by atoms with E-state index in [9.17, 15) is 13.8 Å². The average molecular weight is 212 g/mol. The lowest BCUT2D eigenvalue weighted by molar-refractivity contribution is -0.109. The van der Waals surface area contributed by atoms with Crippen molar-refractivity contribution >= 4 is 21.9 Å². The molecule has 4 nitrogen and oxygen atoms in total. The zero-order chi connectivity index (χ0) is 10.7. The van der Waals surface area contributed by atoms with E-state index in [-0.39, 0.29) is 10.5 Å². The molecule has 0 aliphatic heterocycles. The molecule has 0 aliphatic rings. The predicted octanol–water partition coefficient (Wildman–Crippen LogP) is 1.04. The van der Waals surface area contributed by atoms with E-state index in [1.807, 2.05) is 0 Å². The van der Waals surface area contributed by atoms with Gasteiger partial charge in [0, 0.05) is 6.92 Å². The summed E-state index contributed by atoms with van der Waals surface area (Å²) in [5.41, 5.74) is -0.0963. The van der Waals surface area contributed by atoms with Crippen LogP contribution in [-0.4, -0.2) is 20.4 Å². The first-order valence-corrected chi connectivity index (χ1v) is 4.93. The monoisotopic (exact) mass is 212 g/mol. The Bertz CT molecular complexity index is 411. The number of hydrogen-bond acceptors (Lipinski definition) is 3. The van der Waals surface area contributed by atoms with Crippen molar-refractivity contribution in [2.75, 3.05) is 0 Å². The molecule has 0 aromatic heterocycles. The van der Waals surface area contributed by atoms with Crippen molar-refractivity contribution in [3.05, 3.63) is 29.8 Å². The van der Waals surface area contributed by atoms with Crippen LogP contribution in [0.4, 0.5) is 0 Å². The third kappa shape index (κ3) is 2.05. The highest BCUT2D eigenvalue weighted by Crippen LogP contribution is 2.14. The number of carbonyl (C=O) groups is 2. The predicted molar refractivity (Wildman–Crippen MR) is 50.5 cm³/mol. The summed E-state index contributed by atoms with van der Waals surface area (Å²) in [5.74, 6) is -1.18. The Morgan fingerprint density at radius 3 is 2.36 bits per heavy atom. The van der Waals surface area contributed by atoms with E-state index in [1.165, 1.54) is 18.2 Å². The van der Waals surface area contributed by atoms with Crippen molar-refractivity contribution < 1.29 is 18.9 Å². The number of carbonyl (C=O) groups excluding carboxylic acids is 1. The fraction of sp³-hybridized carbons (Fsp3) is 0.111. The van der Waals surface area contributed by atoms with E-state index in [0.717, 1.165) is 6.92 Å². The van der Waals surface area contributed by atoms with Crippen LogP contribution in [-0.2, 0) is 15.6 Å². The number of benzene rings is 1. The van der Waals surface area contributed by atoms with Gasteiger partial charge in [0.1, 0.15) is 10.8 Å². The van der Waals surface area contributed by atoms with Crippen LogP contribution in [0.2, 0.25) is 0 Å². The van der Waals surface area contributed by atoms with E-state index in [1.54, 1.807) is 6.07 Å². The Kier molecular flexibility index (Phi) is 3.14. The van der Waals surface area contributed by atoms with Crippen LogP contribution in [0.15, 0.2) is 29.2 Å². The van der Waals surface area contributed by atoms with Crippen molar-refractivity contribution in [2.24, 2.45) is 0 Å². The van der Waals surface area contributed by atoms with Gasteiger partial charge in [-0.15, -0.1) is 0 Å². The van der Waals surface area contributed by atoms with Gasteiger partial charge in [-0.1, -0.05) is 12.1 Å². The van der Waals surface area contributed by atoms with Gasteiger partial charge in [-0.05, 0) is 12.1 Å². The first-order chi connectivity index (χ1) is 6.54. The minimum atomic E-state index is -1.89. The van der Waals surface area contributed by atoms with Gasteiger partial charge in [0.05, 0.1) is 10.5 Å². The van der Waals surface area contributed by atoms with Crippen LogP contribution in [0.3, 0.4) is 0 Å². The quantitative estimate of drug-likeness (QED) is 0.795. The fourth-order valence-corrected chi connectivity index (χ4v) is 1.83. The van der Waals surface area contributed by atoms with Gasteiger partial charge >= 0.3 is 5.97 Å². The SMILES string of the molecule is CC(=O)S(=O)c1ccccc1C(=O)O. The lowest BCUT2D eigenvalue weighted by atomic mass is 10.2. The van der Waals surface area contributed by atoms with Gasteiger partial charge in [-0.2, -0.15) is 0 Å². The van der Waals surface area contributed by atoms with Crippen LogP contribution < -0.4 is 0 Å². The van der Waals surface area contributed by atoms with Crippen LogP contribution in [0.25, 0.3) is 0 Å². The molecule has 5 heteroatoms. The molecule has 0 aliphatic carbocycles. The zero-order valence-corrected chi connectivity index (χ0v) is 8.21. The summed E-state index contributed by atoms with van der Waals surface area (Å²) in [6.45, 7) is 1.16. The summed E-state index contributed by atoms with van der Waals surface area (Å²) < 4.78 is 11.4. The topological polar surface area (TPSA) is 71.4 Å². The second kappa shape index (κ2) is 4.15. The Labute approximate surface area is 83.0 Å². The number of hydrogen-bond donors (Lipinski definition) is 1. The number of carboxylic acid groups (broad SMARTS) is 1. The third-order valence-electron chi connectivity index (χ3n) is 1.58. The lowest BCUT2D eigenvalue weighted by Gasteiger charge is -2.01. The van der Waals surface area contributed by atoms with Crippen LogP contribution >= 0.6 is 0 Å². The molecular weight excluding hydrogens is 204 g/mol. The van der Waals surface area contributed by atoms with Gasteiger partial charge in [0.15, 0.2) is 0 Å². The second-order valence-corrected chi connectivity index (χ2v) is 4.11. The van der Waals surface area contributed by atoms with Gasteiger partial charge in [-0.25, -0.2) is 9.00 Å². The highest BCUT2D eigenvalue weighted by atomic mass is 32.2. The summed E-state index contributed by atoms with van der Waals surface area (Å²) in [5, 5.41) is 8.19. The van der Waals surface area contributed by atoms with E-state index in [0.29, 0.717) is 0 Å². The van der Waals surface area contributed by atoms with Gasteiger partial charge in [-0.3, -0.25) is 4.79 Å². The Morgan fingerprint density at radius 1 is 1.29 bits per heavy atom. The lowest BCUT2D eigenvalue weighted by Crippen LogP contribution is -2.08. The smallest absolute Gasteiger partial charge is 0.336 e. The van der Waals surface area contributed by atoms with Crippen molar-refractivity contribution in [3.8, 4) is 0 Å². The van der Waals surface area contributed by atoms with Gasteiger partial charge in [0.2, 0.25) is 5.12 Å². The van der Waals surface area contributed by atoms with Gasteiger partial charge < -0.3 is 5.11 Å². The first kappa shape index (κ1) is 10.6. The highest BCUT2D eigenvalue weighted by molar-refractivity contribution is 8.00. The van der Waals surface area contributed by atoms with Crippen molar-refractivity contribution in [3.63, 3.8) is 0 Å². The molecule has 0 saturated carbocycles. The fourth-order valence-electron chi connectivity index (χ4n) is 0.960. The summed E-state index contributed by atoms with van der Waals surface area (Å²) in [7, 11) is -1.89. The standard InChI is InChI=1S/C9H8O4S/c1-6(10)14(13)8-5-3-2-4-7(8)9(11)12/h2-5H,1H3,(H,11,12). The van der Waals surface area contributed by atoms with Crippen molar-refractivity contribution in [1.82, 2.24) is 0 Å². The van der Waals surface area contributed by atoms with Crippen LogP contribution in [0.1, 0.15) is 17.3 Å². The Balaban J connectivity index is 3.27. The molecule has 0 bridgehead atoms. The molecule has 1 aromatic carbocycles. The molecule has 0 saturated heterocycles. The molecule has 0 spiro atoms. The molecule has 1 N–H and O–H groups in total. The zero-order valence-electron chi connectivity index (χ0n) is 7.39. The van der Waals surface area contributed by atoms with Crippen molar-refractivity contribution in [1.29, 1.82) is 0 Å². The Hall–Kier alpha value is -1.49. The van der Waals surface area contributed by atoms with Crippen molar-refractivity contribution in [2.45, 2.75) is 11.8 Å². The summed E-state index contributed by atoms with van der Waals surface area (Å²) in [6, 6.07) is 5.76. The van der Waals surface area contributed by atoms with E-state index in [4.69, 9.17) is 5.11 Å². The molecule has 0 heterocycles. The van der Waals surface area contributed by atoms with Crippen LogP contribution in [0.5, 0.6) is 0 Å². The van der Waals surface area contributed by atoms with E-state index >= 15 is 0 Å². The van der Waals surface area contributed by atoms with Crippen LogP contribution in [0, 0.1) is 0 Å². The average Bonchev–Trinajstić information content (AvgIpc) is 2.16. The maximum atomic E-state index is 11.4. The van der Waals surface area contributed by atoms with Gasteiger partial charge in [0.25, 0.3) is 0 Å². The summed E-state index contributed by atoms with van der Waals surface area (Å²) in [4.78, 5) is 21.6. The molecule has 0 amide bonds. The first-order valence-electron chi connectivity index (χ1n) is 3.78. The number of aromatic carboxylic acids is 1. The molecule has 1 unspecified atom stereocenters. The largest absolute Gasteiger partial charge is 0.478 e. The third-order valence-corrected chi connectivity index (χ3v) is 2.86. The normalized spacial score (nSPS) is 12.1. The molecule has 1 rings (SSSR count). The minimum absolute atomic E-state index is 0.0486. The molecule has 0 radical (unpaired) electrons. The van der Waals surface area contributed by atoms with E-state index < -0.39 is 21.9 Å². The molecular formula is C9H8O4S. The second-order valence-electron chi connectivity index (χ2n) is 2.56. The molecule has 1 atom stereocenters. The number of carboxylic acids is 1. The minimum Gasteiger partial charge on any atom is -0.478 e. The maximum Gasteiger partial charge on any atom is 0.336 e.